The van der Waals surface area contributed by atoms with Crippen LogP contribution in [0.2, 0.25) is 0 Å². The molecule has 38 heavy (non-hydrogen) atoms. The Morgan fingerprint density at radius 2 is 1.82 bits per heavy atom. The van der Waals surface area contributed by atoms with Crippen molar-refractivity contribution < 1.29 is 9.53 Å². The molecule has 0 aliphatic carbocycles. The maximum atomic E-state index is 13.1. The van der Waals surface area contributed by atoms with E-state index in [1.165, 1.54) is 37.9 Å². The number of nitrogens with zero attached hydrogens (tertiary/aromatic N) is 5. The van der Waals surface area contributed by atoms with Crippen LogP contribution in [0.5, 0.6) is 0 Å². The second-order valence-electron chi connectivity index (χ2n) is 10.4. The summed E-state index contributed by atoms with van der Waals surface area (Å²) in [5.41, 5.74) is 10.5. The Hall–Kier alpha value is -3.30. The van der Waals surface area contributed by atoms with Crippen LogP contribution in [0, 0.1) is 0 Å². The largest absolute Gasteiger partial charge is 0.386 e. The van der Waals surface area contributed by atoms with E-state index in [0.29, 0.717) is 37.7 Å². The lowest BCUT2D eigenvalue weighted by Crippen LogP contribution is -2.47. The monoisotopic (exact) mass is 517 g/mol. The van der Waals surface area contributed by atoms with Gasteiger partial charge in [0.05, 0.1) is 24.9 Å². The SMILES string of the molecule is CCCCOC1N=C(N)C2CCC(=N1)N(Cc1ccc(-c3ccc(CN4CCCCC4)cc3)nc1)C(=O)N2. The maximum Gasteiger partial charge on any atom is 0.323 e. The van der Waals surface area contributed by atoms with E-state index >= 15 is 0 Å². The lowest BCUT2D eigenvalue weighted by molar-refractivity contribution is 0.0625. The number of urea groups is 1. The fraction of sp³-hybridized carbons (Fsp3) is 0.517. The molecule has 0 saturated carbocycles. The van der Waals surface area contributed by atoms with Crippen molar-refractivity contribution in [3.63, 3.8) is 0 Å². The van der Waals surface area contributed by atoms with Crippen molar-refractivity contribution in [3.8, 4) is 11.3 Å². The fourth-order valence-corrected chi connectivity index (χ4v) is 5.15. The first-order valence-electron chi connectivity index (χ1n) is 13.9. The lowest BCUT2D eigenvalue weighted by atomic mass is 10.1. The van der Waals surface area contributed by atoms with Gasteiger partial charge in [0, 0.05) is 24.7 Å². The van der Waals surface area contributed by atoms with Crippen LogP contribution in [0.15, 0.2) is 52.6 Å². The molecule has 2 atom stereocenters. The van der Waals surface area contributed by atoms with Crippen molar-refractivity contribution in [1.82, 2.24) is 20.1 Å². The average Bonchev–Trinajstić information content (AvgIpc) is 3.06. The standard InChI is InChI=1S/C29H39N7O2/c1-2-3-17-38-28-33-26-14-13-25(27(30)34-28)32-29(37)36(26)20-22-9-12-24(31-18-22)23-10-7-21(8-11-23)19-35-15-5-4-6-16-35/h7-12,18,25,28H,2-6,13-17,19-20H2,1H3,(H2,30,34)(H,32,37). The Morgan fingerprint density at radius 1 is 1.03 bits per heavy atom. The highest BCUT2D eigenvalue weighted by Gasteiger charge is 2.32. The van der Waals surface area contributed by atoms with Gasteiger partial charge in [0.1, 0.15) is 11.7 Å². The number of nitrogens with one attached hydrogen (secondary N) is 1. The van der Waals surface area contributed by atoms with Gasteiger partial charge in [-0.15, -0.1) is 0 Å². The molecule has 9 heteroatoms. The molecular formula is C29H39N7O2. The van der Waals surface area contributed by atoms with E-state index in [4.69, 9.17) is 15.5 Å². The Labute approximate surface area is 225 Å². The Balaban J connectivity index is 1.26. The van der Waals surface area contributed by atoms with Crippen molar-refractivity contribution in [1.29, 1.82) is 0 Å². The van der Waals surface area contributed by atoms with Crippen LogP contribution in [-0.2, 0) is 17.8 Å². The maximum absolute atomic E-state index is 13.1. The summed E-state index contributed by atoms with van der Waals surface area (Å²) in [4.78, 5) is 31.1. The Morgan fingerprint density at radius 3 is 2.55 bits per heavy atom. The first-order valence-corrected chi connectivity index (χ1v) is 13.9. The van der Waals surface area contributed by atoms with Gasteiger partial charge < -0.3 is 15.8 Å². The van der Waals surface area contributed by atoms with Gasteiger partial charge in [-0.1, -0.05) is 50.1 Å². The van der Waals surface area contributed by atoms with Gasteiger partial charge >= 0.3 is 6.03 Å². The molecule has 202 valence electrons. The van der Waals surface area contributed by atoms with Gasteiger partial charge in [0.15, 0.2) is 0 Å². The summed E-state index contributed by atoms with van der Waals surface area (Å²) >= 11 is 0. The molecule has 9 nitrogen and oxygen atoms in total. The Bertz CT molecular complexity index is 1140. The van der Waals surface area contributed by atoms with Crippen LogP contribution < -0.4 is 11.1 Å². The van der Waals surface area contributed by atoms with Crippen LogP contribution in [0.25, 0.3) is 11.3 Å². The number of likely N-dealkylation sites (tertiary alicyclic amines) is 1. The topological polar surface area (TPSA) is 108 Å². The number of amides is 2. The quantitative estimate of drug-likeness (QED) is 0.483. The van der Waals surface area contributed by atoms with Crippen molar-refractivity contribution >= 4 is 17.7 Å². The zero-order valence-electron chi connectivity index (χ0n) is 22.3. The highest BCUT2D eigenvalue weighted by Crippen LogP contribution is 2.22. The molecule has 2 saturated heterocycles. The summed E-state index contributed by atoms with van der Waals surface area (Å²) < 4.78 is 5.85. The molecule has 2 unspecified atom stereocenters. The highest BCUT2D eigenvalue weighted by molar-refractivity contribution is 6.02. The summed E-state index contributed by atoms with van der Waals surface area (Å²) in [5, 5.41) is 3.00. The van der Waals surface area contributed by atoms with E-state index < -0.39 is 6.35 Å². The predicted octanol–water partition coefficient (Wildman–Crippen LogP) is 4.28. The van der Waals surface area contributed by atoms with Crippen molar-refractivity contribution in [3.05, 3.63) is 53.7 Å². The molecule has 3 aliphatic heterocycles. The van der Waals surface area contributed by atoms with Crippen molar-refractivity contribution in [2.75, 3.05) is 19.7 Å². The number of benzene rings is 1. The molecule has 1 aromatic carbocycles. The summed E-state index contributed by atoms with van der Waals surface area (Å²) in [7, 11) is 0. The van der Waals surface area contributed by atoms with Crippen molar-refractivity contribution in [2.24, 2.45) is 15.7 Å². The van der Waals surface area contributed by atoms with E-state index in [2.05, 4.69) is 51.4 Å². The minimum atomic E-state index is -0.729. The molecule has 2 bridgehead atoms. The minimum absolute atomic E-state index is 0.230. The molecule has 2 aromatic rings. The molecule has 3 N–H and O–H groups in total. The number of aromatic nitrogens is 1. The first-order chi connectivity index (χ1) is 18.6. The number of aliphatic imine (C=N–C) groups is 2. The average molecular weight is 518 g/mol. The van der Waals surface area contributed by atoms with E-state index in [9.17, 15) is 4.79 Å². The third-order valence-corrected chi connectivity index (χ3v) is 7.42. The number of ether oxygens (including phenoxy) is 1. The molecule has 2 fully saturated rings. The number of carbonyl (C=O) groups excluding carboxylic acids is 1. The van der Waals surface area contributed by atoms with Gasteiger partial charge in [-0.25, -0.2) is 14.8 Å². The smallest absolute Gasteiger partial charge is 0.323 e. The second-order valence-corrected chi connectivity index (χ2v) is 10.4. The molecule has 0 spiro atoms. The van der Waals surface area contributed by atoms with E-state index in [-0.39, 0.29) is 12.1 Å². The molecule has 3 aliphatic rings. The number of hydrogen-bond acceptors (Lipinski definition) is 7. The second kappa shape index (κ2) is 12.5. The number of nitrogens with two attached hydrogens (primary N) is 1. The van der Waals surface area contributed by atoms with E-state index in [0.717, 1.165) is 36.2 Å². The van der Waals surface area contributed by atoms with Gasteiger partial charge in [-0.05, 0) is 56.0 Å². The molecule has 4 heterocycles. The van der Waals surface area contributed by atoms with Crippen LogP contribution in [-0.4, -0.2) is 64.6 Å². The van der Waals surface area contributed by atoms with Crippen LogP contribution in [0.4, 0.5) is 4.79 Å². The zero-order valence-corrected chi connectivity index (χ0v) is 22.3. The van der Waals surface area contributed by atoms with E-state index in [1.54, 1.807) is 4.90 Å². The zero-order chi connectivity index (χ0) is 26.3. The summed E-state index contributed by atoms with van der Waals surface area (Å²) in [6, 6.07) is 12.2. The number of fused-ring (bicyclic) bond motifs is 3. The van der Waals surface area contributed by atoms with Crippen LogP contribution >= 0.6 is 0 Å². The van der Waals surface area contributed by atoms with Gasteiger partial charge in [-0.2, -0.15) is 0 Å². The van der Waals surface area contributed by atoms with Crippen LogP contribution in [0.1, 0.15) is 63.0 Å². The predicted molar refractivity (Wildman–Crippen MR) is 150 cm³/mol. The number of pyridine rings is 1. The first kappa shape index (κ1) is 26.3. The minimum Gasteiger partial charge on any atom is -0.386 e. The normalized spacial score (nSPS) is 22.2. The number of carbonyl (C=O) groups is 1. The van der Waals surface area contributed by atoms with E-state index in [1.807, 2.05) is 18.3 Å². The van der Waals surface area contributed by atoms with Crippen LogP contribution in [0.3, 0.4) is 0 Å². The lowest BCUT2D eigenvalue weighted by Gasteiger charge is -2.26. The molecule has 0 radical (unpaired) electrons. The molecular weight excluding hydrogens is 478 g/mol. The number of rotatable bonds is 9. The number of piperidine rings is 1. The number of amidine groups is 2. The van der Waals surface area contributed by atoms with Gasteiger partial charge in [0.25, 0.3) is 0 Å². The fourth-order valence-electron chi connectivity index (χ4n) is 5.15. The Kier molecular flexibility index (Phi) is 8.65. The summed E-state index contributed by atoms with van der Waals surface area (Å²) in [6.45, 7) is 6.41. The summed E-state index contributed by atoms with van der Waals surface area (Å²) in [6.07, 6.45) is 8.27. The number of unbranched alkanes of at least 4 members (excludes halogenated alkanes) is 1. The molecule has 1 aromatic heterocycles. The number of hydrogen-bond donors (Lipinski definition) is 2. The third kappa shape index (κ3) is 6.57. The summed E-state index contributed by atoms with van der Waals surface area (Å²) in [5.74, 6) is 1.02. The molecule has 5 rings (SSSR count). The molecule has 2 amide bonds. The van der Waals surface area contributed by atoms with Gasteiger partial charge in [0.2, 0.25) is 6.35 Å². The van der Waals surface area contributed by atoms with Crippen molar-refractivity contribution in [2.45, 2.75) is 77.4 Å². The van der Waals surface area contributed by atoms with Gasteiger partial charge in [-0.3, -0.25) is 14.8 Å². The third-order valence-electron chi connectivity index (χ3n) is 7.42. The highest BCUT2D eigenvalue weighted by atomic mass is 16.5.